The van der Waals surface area contributed by atoms with Gasteiger partial charge in [-0.2, -0.15) is 0 Å². The highest BCUT2D eigenvalue weighted by Gasteiger charge is 2.16. The van der Waals surface area contributed by atoms with Gasteiger partial charge in [0.1, 0.15) is 5.71 Å². The van der Waals surface area contributed by atoms with Crippen LogP contribution in [0, 0.1) is 6.92 Å². The van der Waals surface area contributed by atoms with E-state index in [0.717, 1.165) is 50.6 Å². The maximum absolute atomic E-state index is 11.5. The zero-order chi connectivity index (χ0) is 22.1. The van der Waals surface area contributed by atoms with Crippen molar-refractivity contribution in [2.75, 3.05) is 0 Å². The van der Waals surface area contributed by atoms with Crippen molar-refractivity contribution in [1.82, 2.24) is 4.57 Å². The Morgan fingerprint density at radius 3 is 2.39 bits per heavy atom. The molecule has 0 aliphatic rings. The van der Waals surface area contributed by atoms with Gasteiger partial charge in [-0.05, 0) is 56.2 Å². The van der Waals surface area contributed by atoms with Crippen molar-refractivity contribution >= 4 is 33.5 Å². The molecule has 3 aromatic carbocycles. The van der Waals surface area contributed by atoms with Gasteiger partial charge in [0, 0.05) is 46.4 Å². The number of oxime groups is 1. The molecule has 1 heterocycles. The lowest BCUT2D eigenvalue weighted by molar-refractivity contribution is -0.140. The van der Waals surface area contributed by atoms with Crippen molar-refractivity contribution in [3.05, 3.63) is 82.9 Å². The van der Waals surface area contributed by atoms with Gasteiger partial charge in [0.15, 0.2) is 0 Å². The van der Waals surface area contributed by atoms with Gasteiger partial charge >= 0.3 is 5.97 Å². The van der Waals surface area contributed by atoms with Gasteiger partial charge in [-0.15, -0.1) is 0 Å². The highest BCUT2D eigenvalue weighted by atomic mass is 16.7. The number of aliphatic hydroxyl groups is 1. The smallest absolute Gasteiger partial charge is 0.332 e. The van der Waals surface area contributed by atoms with Crippen LogP contribution in [-0.2, 0) is 16.2 Å². The summed E-state index contributed by atoms with van der Waals surface area (Å²) in [7, 11) is 0. The molecule has 1 unspecified atom stereocenters. The van der Waals surface area contributed by atoms with E-state index in [0.29, 0.717) is 5.71 Å². The summed E-state index contributed by atoms with van der Waals surface area (Å²) in [4.78, 5) is 16.5. The first-order valence-corrected chi connectivity index (χ1v) is 10.5. The molecule has 0 saturated heterocycles. The molecule has 5 nitrogen and oxygen atoms in total. The highest BCUT2D eigenvalue weighted by molar-refractivity contribution is 6.17. The van der Waals surface area contributed by atoms with E-state index < -0.39 is 12.1 Å². The third kappa shape index (κ3) is 3.84. The first-order valence-electron chi connectivity index (χ1n) is 10.5. The van der Waals surface area contributed by atoms with Gasteiger partial charge in [-0.3, -0.25) is 0 Å². The number of carbonyl (C=O) groups excluding carboxylic acids is 1. The third-order valence-electron chi connectivity index (χ3n) is 5.63. The SMILES string of the molecule is CCn1c2ccc(C(=NOC(C)=O)c3ccccc3C)cc2c2cc(C(C)O)ccc21. The van der Waals surface area contributed by atoms with Crippen LogP contribution in [0.3, 0.4) is 0 Å². The number of benzene rings is 3. The zero-order valence-electron chi connectivity index (χ0n) is 18.2. The summed E-state index contributed by atoms with van der Waals surface area (Å²) < 4.78 is 2.26. The number of carbonyl (C=O) groups is 1. The highest BCUT2D eigenvalue weighted by Crippen LogP contribution is 2.32. The van der Waals surface area contributed by atoms with Crippen LogP contribution in [0.2, 0.25) is 0 Å². The fraction of sp³-hybridized carbons (Fsp3) is 0.231. The monoisotopic (exact) mass is 414 g/mol. The Balaban J connectivity index is 1.98. The molecule has 0 spiro atoms. The molecule has 0 saturated carbocycles. The Kier molecular flexibility index (Phi) is 5.61. The first-order chi connectivity index (χ1) is 14.9. The van der Waals surface area contributed by atoms with Gasteiger partial charge in [-0.25, -0.2) is 4.79 Å². The van der Waals surface area contributed by atoms with Crippen LogP contribution in [0.15, 0.2) is 65.8 Å². The molecule has 4 aromatic rings. The number of rotatable bonds is 5. The lowest BCUT2D eigenvalue weighted by atomic mass is 9.97. The fourth-order valence-corrected chi connectivity index (χ4v) is 4.08. The summed E-state index contributed by atoms with van der Waals surface area (Å²) in [6.07, 6.45) is -0.541. The summed E-state index contributed by atoms with van der Waals surface area (Å²) in [6.45, 7) is 8.08. The number of nitrogens with zero attached hydrogens (tertiary/aromatic N) is 2. The Hall–Kier alpha value is -3.44. The molecule has 0 aliphatic carbocycles. The molecule has 5 heteroatoms. The van der Waals surface area contributed by atoms with Crippen LogP contribution in [0.4, 0.5) is 0 Å². The molecule has 0 amide bonds. The molecule has 1 aromatic heterocycles. The minimum absolute atomic E-state index is 0.462. The van der Waals surface area contributed by atoms with Crippen molar-refractivity contribution in [3.8, 4) is 0 Å². The Bertz CT molecular complexity index is 1320. The summed E-state index contributed by atoms with van der Waals surface area (Å²) in [6, 6.07) is 20.2. The lowest BCUT2D eigenvalue weighted by Gasteiger charge is -2.10. The second kappa shape index (κ2) is 8.36. The average Bonchev–Trinajstić information content (AvgIpc) is 3.07. The minimum Gasteiger partial charge on any atom is -0.389 e. The number of hydrogen-bond acceptors (Lipinski definition) is 4. The number of fused-ring (bicyclic) bond motifs is 3. The van der Waals surface area contributed by atoms with Crippen molar-refractivity contribution < 1.29 is 14.7 Å². The average molecular weight is 415 g/mol. The molecule has 31 heavy (non-hydrogen) atoms. The maximum Gasteiger partial charge on any atom is 0.332 e. The third-order valence-corrected chi connectivity index (χ3v) is 5.63. The molecule has 0 bridgehead atoms. The number of hydrogen-bond donors (Lipinski definition) is 1. The van der Waals surface area contributed by atoms with Crippen molar-refractivity contribution in [2.45, 2.75) is 40.3 Å². The van der Waals surface area contributed by atoms with E-state index in [1.54, 1.807) is 6.92 Å². The van der Waals surface area contributed by atoms with E-state index in [9.17, 15) is 9.90 Å². The molecule has 0 aliphatic heterocycles. The largest absolute Gasteiger partial charge is 0.389 e. The normalized spacial score (nSPS) is 13.0. The zero-order valence-corrected chi connectivity index (χ0v) is 18.2. The molecular formula is C26H26N2O3. The predicted molar refractivity (Wildman–Crippen MR) is 124 cm³/mol. The Morgan fingerprint density at radius 2 is 1.74 bits per heavy atom. The van der Waals surface area contributed by atoms with Crippen LogP contribution in [0.1, 0.15) is 49.1 Å². The number of aryl methyl sites for hydroxylation is 2. The van der Waals surface area contributed by atoms with Crippen LogP contribution >= 0.6 is 0 Å². The summed E-state index contributed by atoms with van der Waals surface area (Å²) in [5.74, 6) is -0.462. The second-order valence-electron chi connectivity index (χ2n) is 7.77. The first kappa shape index (κ1) is 20.8. The Labute approximate surface area is 181 Å². The van der Waals surface area contributed by atoms with Crippen LogP contribution in [0.5, 0.6) is 0 Å². The number of aliphatic hydroxyl groups excluding tert-OH is 1. The van der Waals surface area contributed by atoms with Crippen molar-refractivity contribution in [1.29, 1.82) is 0 Å². The molecule has 0 fully saturated rings. The molecule has 4 rings (SSSR count). The van der Waals surface area contributed by atoms with E-state index in [4.69, 9.17) is 4.84 Å². The van der Waals surface area contributed by atoms with E-state index >= 15 is 0 Å². The fourth-order valence-electron chi connectivity index (χ4n) is 4.08. The van der Waals surface area contributed by atoms with Gasteiger partial charge in [0.25, 0.3) is 0 Å². The maximum atomic E-state index is 11.5. The second-order valence-corrected chi connectivity index (χ2v) is 7.77. The summed E-state index contributed by atoms with van der Waals surface area (Å²) >= 11 is 0. The molecule has 1 N–H and O–H groups in total. The van der Waals surface area contributed by atoms with Crippen molar-refractivity contribution in [2.24, 2.45) is 5.16 Å². The Morgan fingerprint density at radius 1 is 1.06 bits per heavy atom. The number of aromatic nitrogens is 1. The van der Waals surface area contributed by atoms with E-state index in [-0.39, 0.29) is 0 Å². The van der Waals surface area contributed by atoms with Gasteiger partial charge in [0.2, 0.25) is 0 Å². The van der Waals surface area contributed by atoms with Gasteiger partial charge in [-0.1, -0.05) is 41.6 Å². The lowest BCUT2D eigenvalue weighted by Crippen LogP contribution is -2.08. The molecule has 1 atom stereocenters. The van der Waals surface area contributed by atoms with Crippen molar-refractivity contribution in [3.63, 3.8) is 0 Å². The standard InChI is InChI=1S/C26H26N2O3/c1-5-28-24-12-10-19(17(3)29)14-22(24)23-15-20(11-13-25(23)28)26(27-31-18(4)30)21-9-7-6-8-16(21)2/h6-15,17,29H,5H2,1-4H3. The van der Waals surface area contributed by atoms with E-state index in [1.165, 1.54) is 6.92 Å². The van der Waals surface area contributed by atoms with Crippen LogP contribution < -0.4 is 0 Å². The molecular weight excluding hydrogens is 388 g/mol. The molecule has 0 radical (unpaired) electrons. The van der Waals surface area contributed by atoms with Crippen LogP contribution in [0.25, 0.3) is 21.8 Å². The quantitative estimate of drug-likeness (QED) is 0.267. The minimum atomic E-state index is -0.541. The van der Waals surface area contributed by atoms with E-state index in [2.05, 4.69) is 40.9 Å². The van der Waals surface area contributed by atoms with E-state index in [1.807, 2.05) is 43.3 Å². The topological polar surface area (TPSA) is 63.8 Å². The van der Waals surface area contributed by atoms with Gasteiger partial charge in [0.05, 0.1) is 6.10 Å². The van der Waals surface area contributed by atoms with Crippen LogP contribution in [-0.4, -0.2) is 21.4 Å². The van der Waals surface area contributed by atoms with Gasteiger partial charge < -0.3 is 14.5 Å². The predicted octanol–water partition coefficient (Wildman–Crippen LogP) is 5.49. The summed E-state index contributed by atoms with van der Waals surface area (Å²) in [5.41, 5.74) is 6.53. The summed E-state index contributed by atoms with van der Waals surface area (Å²) in [5, 5.41) is 16.4. The molecule has 158 valence electrons.